The predicted molar refractivity (Wildman–Crippen MR) is 77.6 cm³/mol. The third-order valence-corrected chi connectivity index (χ3v) is 3.47. The Morgan fingerprint density at radius 2 is 2.24 bits per heavy atom. The van der Waals surface area contributed by atoms with E-state index in [-0.39, 0.29) is 13.2 Å². The highest BCUT2D eigenvalue weighted by molar-refractivity contribution is 9.10. The third kappa shape index (κ3) is 3.60. The van der Waals surface area contributed by atoms with E-state index < -0.39 is 11.8 Å². The summed E-state index contributed by atoms with van der Waals surface area (Å²) in [6, 6.07) is 4.46. The van der Waals surface area contributed by atoms with Crippen molar-refractivity contribution in [2.24, 2.45) is 7.05 Å². The number of hydrogen-bond acceptors (Lipinski definition) is 4. The highest BCUT2D eigenvalue weighted by Gasteiger charge is 2.17. The van der Waals surface area contributed by atoms with Crippen LogP contribution in [0.2, 0.25) is 0 Å². The first-order chi connectivity index (χ1) is 10.0. The number of rotatable bonds is 5. The zero-order valence-electron chi connectivity index (χ0n) is 11.6. The Hall–Kier alpha value is -1.89. The van der Waals surface area contributed by atoms with Gasteiger partial charge in [0.2, 0.25) is 0 Å². The zero-order valence-corrected chi connectivity index (χ0v) is 13.2. The molecule has 0 unspecified atom stereocenters. The number of esters is 1. The number of nitrogens with zero attached hydrogens (tertiary/aromatic N) is 2. The van der Waals surface area contributed by atoms with Gasteiger partial charge in [-0.3, -0.25) is 4.68 Å². The van der Waals surface area contributed by atoms with Crippen molar-refractivity contribution >= 4 is 21.9 Å². The van der Waals surface area contributed by atoms with E-state index in [0.717, 1.165) is 0 Å². The maximum atomic E-state index is 13.4. The van der Waals surface area contributed by atoms with Crippen molar-refractivity contribution in [3.63, 3.8) is 0 Å². The normalized spacial score (nSPS) is 10.5. The second-order valence-electron chi connectivity index (χ2n) is 4.21. The second kappa shape index (κ2) is 6.71. The van der Waals surface area contributed by atoms with Crippen LogP contribution in [0, 0.1) is 5.82 Å². The van der Waals surface area contributed by atoms with Gasteiger partial charge < -0.3 is 9.47 Å². The fourth-order valence-electron chi connectivity index (χ4n) is 1.73. The summed E-state index contributed by atoms with van der Waals surface area (Å²) in [5, 5.41) is 4.02. The van der Waals surface area contributed by atoms with E-state index in [1.54, 1.807) is 26.1 Å². The largest absolute Gasteiger partial charge is 0.487 e. The van der Waals surface area contributed by atoms with Crippen molar-refractivity contribution in [3.8, 4) is 5.75 Å². The van der Waals surface area contributed by atoms with Gasteiger partial charge in [-0.25, -0.2) is 9.18 Å². The molecule has 0 saturated carbocycles. The van der Waals surface area contributed by atoms with Gasteiger partial charge in [0.05, 0.1) is 23.0 Å². The smallest absolute Gasteiger partial charge is 0.341 e. The Labute approximate surface area is 129 Å². The molecule has 1 heterocycles. The molecule has 112 valence electrons. The lowest BCUT2D eigenvalue weighted by molar-refractivity contribution is 0.0523. The first kappa shape index (κ1) is 15.5. The molecule has 0 amide bonds. The Balaban J connectivity index is 2.14. The Bertz CT molecular complexity index is 658. The molecule has 0 radical (unpaired) electrons. The average Bonchev–Trinajstić information content (AvgIpc) is 2.82. The van der Waals surface area contributed by atoms with Gasteiger partial charge in [-0.05, 0) is 35.0 Å². The molecule has 0 N–H and O–H groups in total. The molecule has 7 heteroatoms. The van der Waals surface area contributed by atoms with Crippen molar-refractivity contribution in [2.45, 2.75) is 13.5 Å². The molecule has 5 nitrogen and oxygen atoms in total. The van der Waals surface area contributed by atoms with Gasteiger partial charge in [0, 0.05) is 13.1 Å². The van der Waals surface area contributed by atoms with E-state index in [9.17, 15) is 9.18 Å². The number of halogens is 2. The van der Waals surface area contributed by atoms with E-state index >= 15 is 0 Å². The standard InChI is InChI=1S/C14H14BrFN2O3/c1-3-20-14(19)10-7-17-18(2)13(10)8-21-9-4-5-11(15)12(16)6-9/h4-7H,3,8H2,1-2H3. The van der Waals surface area contributed by atoms with Crippen molar-refractivity contribution in [3.05, 3.63) is 45.9 Å². The SMILES string of the molecule is CCOC(=O)c1cnn(C)c1COc1ccc(Br)c(F)c1. The highest BCUT2D eigenvalue weighted by Crippen LogP contribution is 2.22. The van der Waals surface area contributed by atoms with Crippen LogP contribution in [0.3, 0.4) is 0 Å². The molecule has 0 aliphatic carbocycles. The van der Waals surface area contributed by atoms with Gasteiger partial charge in [-0.2, -0.15) is 5.10 Å². The van der Waals surface area contributed by atoms with Crippen LogP contribution < -0.4 is 4.74 Å². The summed E-state index contributed by atoms with van der Waals surface area (Å²) in [5.74, 6) is -0.499. The molecular weight excluding hydrogens is 343 g/mol. The Kier molecular flexibility index (Phi) is 4.95. The molecular formula is C14H14BrFN2O3. The van der Waals surface area contributed by atoms with E-state index in [2.05, 4.69) is 21.0 Å². The number of carbonyl (C=O) groups is 1. The van der Waals surface area contributed by atoms with Gasteiger partial charge in [-0.15, -0.1) is 0 Å². The van der Waals surface area contributed by atoms with Gasteiger partial charge in [0.15, 0.2) is 0 Å². The Morgan fingerprint density at radius 3 is 2.90 bits per heavy atom. The second-order valence-corrected chi connectivity index (χ2v) is 5.07. The molecule has 0 atom stereocenters. The zero-order chi connectivity index (χ0) is 15.4. The molecule has 2 rings (SSSR count). The lowest BCUT2D eigenvalue weighted by Crippen LogP contribution is -2.11. The Morgan fingerprint density at radius 1 is 1.48 bits per heavy atom. The van der Waals surface area contributed by atoms with Crippen LogP contribution in [0.5, 0.6) is 5.75 Å². The van der Waals surface area contributed by atoms with Gasteiger partial charge >= 0.3 is 5.97 Å². The van der Waals surface area contributed by atoms with Crippen molar-refractivity contribution in [1.82, 2.24) is 9.78 Å². The number of benzene rings is 1. The monoisotopic (exact) mass is 356 g/mol. The van der Waals surface area contributed by atoms with E-state index in [1.165, 1.54) is 16.9 Å². The minimum absolute atomic E-state index is 0.0890. The highest BCUT2D eigenvalue weighted by atomic mass is 79.9. The van der Waals surface area contributed by atoms with Crippen LogP contribution in [0.15, 0.2) is 28.9 Å². The fraction of sp³-hybridized carbons (Fsp3) is 0.286. The average molecular weight is 357 g/mol. The summed E-state index contributed by atoms with van der Waals surface area (Å²) in [6.07, 6.45) is 1.43. The summed E-state index contributed by atoms with van der Waals surface area (Å²) in [7, 11) is 1.70. The topological polar surface area (TPSA) is 53.3 Å². The third-order valence-electron chi connectivity index (χ3n) is 2.82. The first-order valence-corrected chi connectivity index (χ1v) is 7.08. The van der Waals surface area contributed by atoms with Crippen LogP contribution in [-0.4, -0.2) is 22.4 Å². The molecule has 1 aromatic carbocycles. The molecule has 0 aliphatic rings. The van der Waals surface area contributed by atoms with Gasteiger partial charge in [0.1, 0.15) is 23.7 Å². The summed E-state index contributed by atoms with van der Waals surface area (Å²) in [5.41, 5.74) is 0.911. The van der Waals surface area contributed by atoms with Gasteiger partial charge in [0.25, 0.3) is 0 Å². The molecule has 21 heavy (non-hydrogen) atoms. The number of ether oxygens (including phenoxy) is 2. The van der Waals surface area contributed by atoms with Crippen LogP contribution >= 0.6 is 15.9 Å². The summed E-state index contributed by atoms with van der Waals surface area (Å²) in [4.78, 5) is 11.8. The van der Waals surface area contributed by atoms with Crippen LogP contribution in [0.25, 0.3) is 0 Å². The number of hydrogen-bond donors (Lipinski definition) is 0. The number of aromatic nitrogens is 2. The molecule has 1 aromatic heterocycles. The predicted octanol–water partition coefficient (Wildman–Crippen LogP) is 3.08. The minimum atomic E-state index is -0.453. The maximum Gasteiger partial charge on any atom is 0.341 e. The number of aryl methyl sites for hydroxylation is 1. The fourth-order valence-corrected chi connectivity index (χ4v) is 1.98. The summed E-state index contributed by atoms with van der Waals surface area (Å²) in [6.45, 7) is 2.10. The quantitative estimate of drug-likeness (QED) is 0.772. The van der Waals surface area contributed by atoms with Crippen LogP contribution in [0.4, 0.5) is 4.39 Å². The van der Waals surface area contributed by atoms with Crippen molar-refractivity contribution in [1.29, 1.82) is 0 Å². The van der Waals surface area contributed by atoms with Gasteiger partial charge in [-0.1, -0.05) is 0 Å². The van der Waals surface area contributed by atoms with Crippen molar-refractivity contribution < 1.29 is 18.7 Å². The van der Waals surface area contributed by atoms with Crippen molar-refractivity contribution in [2.75, 3.05) is 6.61 Å². The van der Waals surface area contributed by atoms with Crippen LogP contribution in [-0.2, 0) is 18.4 Å². The first-order valence-electron chi connectivity index (χ1n) is 6.28. The van der Waals surface area contributed by atoms with E-state index in [4.69, 9.17) is 9.47 Å². The van der Waals surface area contributed by atoms with E-state index in [1.807, 2.05) is 0 Å². The molecule has 2 aromatic rings. The molecule has 0 fully saturated rings. The summed E-state index contributed by atoms with van der Waals surface area (Å²) >= 11 is 3.07. The maximum absolute atomic E-state index is 13.4. The lowest BCUT2D eigenvalue weighted by atomic mass is 10.2. The molecule has 0 spiro atoms. The minimum Gasteiger partial charge on any atom is -0.487 e. The van der Waals surface area contributed by atoms with E-state index in [0.29, 0.717) is 21.5 Å². The van der Waals surface area contributed by atoms with Crippen LogP contribution in [0.1, 0.15) is 23.0 Å². The molecule has 0 saturated heterocycles. The summed E-state index contributed by atoms with van der Waals surface area (Å²) < 4.78 is 25.8. The number of carbonyl (C=O) groups excluding carboxylic acids is 1. The molecule has 0 bridgehead atoms. The lowest BCUT2D eigenvalue weighted by Gasteiger charge is -2.09. The molecule has 0 aliphatic heterocycles.